The summed E-state index contributed by atoms with van der Waals surface area (Å²) in [5.74, 6) is -4.24. The largest absolute Gasteiger partial charge is 0.479 e. The van der Waals surface area contributed by atoms with E-state index in [1.165, 1.54) is 13.8 Å². The van der Waals surface area contributed by atoms with Crippen molar-refractivity contribution >= 4 is 17.8 Å². The first kappa shape index (κ1) is 21.0. The summed E-state index contributed by atoms with van der Waals surface area (Å²) in [7, 11) is 0. The molecule has 2 amide bonds. The number of halogens is 2. The molecule has 2 aromatic rings. The molecular weight excluding hydrogens is 370 g/mol. The van der Waals surface area contributed by atoms with Gasteiger partial charge >= 0.3 is 5.97 Å². The lowest BCUT2D eigenvalue weighted by Crippen LogP contribution is -2.55. The molecule has 0 aliphatic heterocycles. The van der Waals surface area contributed by atoms with Crippen LogP contribution in [0.1, 0.15) is 25.0 Å². The zero-order chi connectivity index (χ0) is 20.9. The molecule has 0 saturated heterocycles. The number of hydrogen-bond donors (Lipinski definition) is 3. The molecule has 0 aromatic heterocycles. The Morgan fingerprint density at radius 3 is 2.18 bits per heavy atom. The van der Waals surface area contributed by atoms with Crippen LogP contribution in [-0.4, -0.2) is 28.9 Å². The van der Waals surface area contributed by atoms with Gasteiger partial charge in [0.2, 0.25) is 11.8 Å². The number of carbonyl (C=O) groups is 3. The van der Waals surface area contributed by atoms with Crippen molar-refractivity contribution in [2.24, 2.45) is 0 Å². The van der Waals surface area contributed by atoms with Crippen LogP contribution in [0.3, 0.4) is 0 Å². The van der Waals surface area contributed by atoms with Crippen LogP contribution in [0.5, 0.6) is 0 Å². The fourth-order valence-corrected chi connectivity index (χ4v) is 2.63. The summed E-state index contributed by atoms with van der Waals surface area (Å²) in [6.45, 7) is 2.72. The van der Waals surface area contributed by atoms with E-state index in [9.17, 15) is 28.3 Å². The lowest BCUT2D eigenvalue weighted by molar-refractivity contribution is -0.147. The second kappa shape index (κ2) is 8.60. The molecular formula is C20H20F2N2O4. The number of carboxylic acid groups (broad SMARTS) is 1. The lowest BCUT2D eigenvalue weighted by atomic mass is 9.91. The molecule has 0 bridgehead atoms. The SMILES string of the molecule is C[C@H](NC(=O)Cc1cc(F)cc(F)c1)C(=O)NC(C)(C(=O)O)c1ccccc1. The van der Waals surface area contributed by atoms with Crippen molar-refractivity contribution in [3.8, 4) is 0 Å². The van der Waals surface area contributed by atoms with Crippen LogP contribution in [0.4, 0.5) is 8.78 Å². The first-order valence-electron chi connectivity index (χ1n) is 8.47. The number of carboxylic acids is 1. The number of carbonyl (C=O) groups excluding carboxylic acids is 2. The number of nitrogens with one attached hydrogen (secondary N) is 2. The van der Waals surface area contributed by atoms with E-state index >= 15 is 0 Å². The van der Waals surface area contributed by atoms with Crippen LogP contribution in [0.2, 0.25) is 0 Å². The quantitative estimate of drug-likeness (QED) is 0.675. The average Bonchev–Trinajstić information content (AvgIpc) is 2.61. The molecule has 3 N–H and O–H groups in total. The Labute approximate surface area is 160 Å². The van der Waals surface area contributed by atoms with Crippen molar-refractivity contribution in [2.45, 2.75) is 31.8 Å². The Hall–Kier alpha value is -3.29. The van der Waals surface area contributed by atoms with Crippen LogP contribution < -0.4 is 10.6 Å². The number of rotatable bonds is 7. The number of aliphatic carboxylic acids is 1. The number of amides is 2. The van der Waals surface area contributed by atoms with E-state index in [1.54, 1.807) is 30.3 Å². The summed E-state index contributed by atoms with van der Waals surface area (Å²) in [6.07, 6.45) is -0.332. The second-order valence-corrected chi connectivity index (χ2v) is 6.53. The molecule has 6 nitrogen and oxygen atoms in total. The third kappa shape index (κ3) is 5.12. The van der Waals surface area contributed by atoms with Gasteiger partial charge in [-0.15, -0.1) is 0 Å². The zero-order valence-electron chi connectivity index (χ0n) is 15.3. The molecule has 28 heavy (non-hydrogen) atoms. The Kier molecular flexibility index (Phi) is 6.45. The smallest absolute Gasteiger partial charge is 0.333 e. The molecule has 0 spiro atoms. The summed E-state index contributed by atoms with van der Waals surface area (Å²) in [5, 5.41) is 14.4. The normalized spacial score (nSPS) is 13.9. The van der Waals surface area contributed by atoms with Gasteiger partial charge in [0.05, 0.1) is 6.42 Å². The standard InChI is InChI=1S/C20H20F2N2O4/c1-12(23-17(25)10-13-8-15(21)11-16(22)9-13)18(26)24-20(2,19(27)28)14-6-4-3-5-7-14/h3-9,11-12H,10H2,1-2H3,(H,23,25)(H,24,26)(H,27,28)/t12-,20?/m0/s1. The highest BCUT2D eigenvalue weighted by Gasteiger charge is 2.37. The minimum Gasteiger partial charge on any atom is -0.479 e. The summed E-state index contributed by atoms with van der Waals surface area (Å²) < 4.78 is 26.4. The van der Waals surface area contributed by atoms with Crippen LogP contribution in [0.25, 0.3) is 0 Å². The van der Waals surface area contributed by atoms with Crippen LogP contribution in [0.15, 0.2) is 48.5 Å². The molecule has 0 radical (unpaired) electrons. The summed E-state index contributed by atoms with van der Waals surface area (Å²) in [6, 6.07) is 9.80. The number of hydrogen-bond acceptors (Lipinski definition) is 3. The third-order valence-corrected chi connectivity index (χ3v) is 4.21. The zero-order valence-corrected chi connectivity index (χ0v) is 15.3. The van der Waals surface area contributed by atoms with Crippen LogP contribution >= 0.6 is 0 Å². The van der Waals surface area contributed by atoms with Crippen molar-refractivity contribution in [2.75, 3.05) is 0 Å². The Balaban J connectivity index is 2.04. The minimum atomic E-state index is -1.69. The maximum atomic E-state index is 13.2. The maximum Gasteiger partial charge on any atom is 0.333 e. The molecule has 1 unspecified atom stereocenters. The van der Waals surface area contributed by atoms with Gasteiger partial charge in [0.25, 0.3) is 0 Å². The van der Waals surface area contributed by atoms with Gasteiger partial charge in [-0.1, -0.05) is 30.3 Å². The van der Waals surface area contributed by atoms with Crippen molar-refractivity contribution < 1.29 is 28.3 Å². The Morgan fingerprint density at radius 2 is 1.64 bits per heavy atom. The summed E-state index contributed by atoms with van der Waals surface area (Å²) in [4.78, 5) is 36.2. The van der Waals surface area contributed by atoms with Gasteiger partial charge in [0, 0.05) is 6.07 Å². The molecule has 0 aliphatic rings. The van der Waals surface area contributed by atoms with Gasteiger partial charge in [-0.25, -0.2) is 13.6 Å². The predicted molar refractivity (Wildman–Crippen MR) is 97.2 cm³/mol. The van der Waals surface area contributed by atoms with E-state index in [4.69, 9.17) is 0 Å². The molecule has 2 atom stereocenters. The lowest BCUT2D eigenvalue weighted by Gasteiger charge is -2.28. The minimum absolute atomic E-state index is 0.113. The highest BCUT2D eigenvalue weighted by molar-refractivity contribution is 5.92. The van der Waals surface area contributed by atoms with Gasteiger partial charge in [0.1, 0.15) is 17.7 Å². The second-order valence-electron chi connectivity index (χ2n) is 6.53. The average molecular weight is 390 g/mol. The van der Waals surface area contributed by atoms with Gasteiger partial charge in [-0.05, 0) is 37.1 Å². The van der Waals surface area contributed by atoms with Crippen molar-refractivity contribution in [3.63, 3.8) is 0 Å². The van der Waals surface area contributed by atoms with Gasteiger partial charge in [-0.2, -0.15) is 0 Å². The Morgan fingerprint density at radius 1 is 1.07 bits per heavy atom. The van der Waals surface area contributed by atoms with Crippen LogP contribution in [-0.2, 0) is 26.3 Å². The van der Waals surface area contributed by atoms with E-state index in [-0.39, 0.29) is 12.0 Å². The molecule has 8 heteroatoms. The highest BCUT2D eigenvalue weighted by Crippen LogP contribution is 2.21. The van der Waals surface area contributed by atoms with Gasteiger partial charge in [-0.3, -0.25) is 9.59 Å². The predicted octanol–water partition coefficient (Wildman–Crippen LogP) is 2.13. The van der Waals surface area contributed by atoms with E-state index in [0.29, 0.717) is 11.6 Å². The third-order valence-electron chi connectivity index (χ3n) is 4.21. The first-order valence-corrected chi connectivity index (χ1v) is 8.47. The highest BCUT2D eigenvalue weighted by atomic mass is 19.1. The summed E-state index contributed by atoms with van der Waals surface area (Å²) >= 11 is 0. The topological polar surface area (TPSA) is 95.5 Å². The Bertz CT molecular complexity index is 869. The molecule has 2 rings (SSSR count). The van der Waals surface area contributed by atoms with E-state index < -0.39 is 41.0 Å². The molecule has 148 valence electrons. The van der Waals surface area contributed by atoms with E-state index in [2.05, 4.69) is 10.6 Å². The van der Waals surface area contributed by atoms with E-state index in [0.717, 1.165) is 12.1 Å². The van der Waals surface area contributed by atoms with E-state index in [1.807, 2.05) is 0 Å². The van der Waals surface area contributed by atoms with Crippen molar-refractivity contribution in [1.82, 2.24) is 10.6 Å². The van der Waals surface area contributed by atoms with Gasteiger partial charge in [0.15, 0.2) is 5.54 Å². The first-order chi connectivity index (χ1) is 13.1. The molecule has 0 heterocycles. The molecule has 0 fully saturated rings. The van der Waals surface area contributed by atoms with Gasteiger partial charge < -0.3 is 15.7 Å². The molecule has 0 aliphatic carbocycles. The maximum absolute atomic E-state index is 13.2. The van der Waals surface area contributed by atoms with Crippen molar-refractivity contribution in [1.29, 1.82) is 0 Å². The summed E-state index contributed by atoms with van der Waals surface area (Å²) in [5.41, 5.74) is -1.21. The van der Waals surface area contributed by atoms with Crippen molar-refractivity contribution in [3.05, 3.63) is 71.3 Å². The fourth-order valence-electron chi connectivity index (χ4n) is 2.63. The molecule has 2 aromatic carbocycles. The fraction of sp³-hybridized carbons (Fsp3) is 0.250. The number of benzene rings is 2. The monoisotopic (exact) mass is 390 g/mol. The molecule has 0 saturated carbocycles. The van der Waals surface area contributed by atoms with Crippen LogP contribution in [0, 0.1) is 11.6 Å².